The van der Waals surface area contributed by atoms with E-state index >= 15 is 0 Å². The van der Waals surface area contributed by atoms with Gasteiger partial charge in [-0.2, -0.15) is 0 Å². The second-order valence-electron chi connectivity index (χ2n) is 11.2. The molecule has 3 atom stereocenters. The third-order valence-corrected chi connectivity index (χ3v) is 11.2. The van der Waals surface area contributed by atoms with Gasteiger partial charge < -0.3 is 19.0 Å². The van der Waals surface area contributed by atoms with Crippen molar-refractivity contribution in [2.75, 3.05) is 6.61 Å². The second-order valence-corrected chi connectivity index (χ2v) is 16.0. The van der Waals surface area contributed by atoms with Crippen LogP contribution in [0.4, 0.5) is 0 Å². The van der Waals surface area contributed by atoms with Gasteiger partial charge in [0.05, 0.1) is 18.3 Å². The zero-order valence-electron chi connectivity index (χ0n) is 20.6. The van der Waals surface area contributed by atoms with E-state index < -0.39 is 25.8 Å². The minimum absolute atomic E-state index is 0.0391. The summed E-state index contributed by atoms with van der Waals surface area (Å²) in [6.45, 7) is 18.0. The van der Waals surface area contributed by atoms with Crippen molar-refractivity contribution in [3.8, 4) is 11.8 Å². The van der Waals surface area contributed by atoms with E-state index in [1.165, 1.54) is 12.0 Å². The Labute approximate surface area is 185 Å². The zero-order chi connectivity index (χ0) is 22.6. The van der Waals surface area contributed by atoms with Crippen LogP contribution in [0.2, 0.25) is 18.1 Å². The molecule has 172 valence electrons. The lowest BCUT2D eigenvalue weighted by Gasteiger charge is -2.38. The molecule has 0 radical (unpaired) electrons. The van der Waals surface area contributed by atoms with Crippen molar-refractivity contribution < 1.29 is 19.0 Å². The van der Waals surface area contributed by atoms with Crippen molar-refractivity contribution in [1.29, 1.82) is 0 Å². The van der Waals surface area contributed by atoms with Gasteiger partial charge in [0.2, 0.25) is 0 Å². The van der Waals surface area contributed by atoms with Crippen LogP contribution in [0.25, 0.3) is 0 Å². The van der Waals surface area contributed by atoms with E-state index in [2.05, 4.69) is 65.6 Å². The molecule has 4 nitrogen and oxygen atoms in total. The van der Waals surface area contributed by atoms with E-state index in [4.69, 9.17) is 13.9 Å². The summed E-state index contributed by atoms with van der Waals surface area (Å²) in [5.74, 6) is 5.79. The number of rotatable bonds is 6. The molecular weight excluding hydrogens is 392 g/mol. The quantitative estimate of drug-likeness (QED) is 0.317. The van der Waals surface area contributed by atoms with Crippen LogP contribution in [-0.2, 0) is 13.9 Å². The molecule has 0 bridgehead atoms. The Morgan fingerprint density at radius 2 is 1.83 bits per heavy atom. The van der Waals surface area contributed by atoms with Crippen LogP contribution in [-0.4, -0.2) is 43.6 Å². The van der Waals surface area contributed by atoms with Crippen LogP contribution < -0.4 is 0 Å². The molecule has 0 unspecified atom stereocenters. The largest absolute Gasteiger partial charge is 0.410 e. The Kier molecular flexibility index (Phi) is 8.43. The molecule has 1 saturated heterocycles. The maximum absolute atomic E-state index is 10.6. The monoisotopic (exact) mass is 436 g/mol. The summed E-state index contributed by atoms with van der Waals surface area (Å²) in [6, 6.07) is 0. The van der Waals surface area contributed by atoms with Crippen LogP contribution in [0.3, 0.4) is 0 Å². The Bertz CT molecular complexity index is 657. The van der Waals surface area contributed by atoms with Crippen LogP contribution in [0, 0.1) is 11.8 Å². The summed E-state index contributed by atoms with van der Waals surface area (Å²) in [6.07, 6.45) is 7.92. The maximum Gasteiger partial charge on any atom is 0.192 e. The molecule has 1 aliphatic carbocycles. The molecule has 1 aliphatic heterocycles. The van der Waals surface area contributed by atoms with E-state index in [1.807, 2.05) is 6.92 Å². The second kappa shape index (κ2) is 9.88. The first-order valence-electron chi connectivity index (χ1n) is 11.6. The fourth-order valence-corrected chi connectivity index (χ4v) is 5.29. The number of aliphatic hydroxyl groups is 1. The fourth-order valence-electron chi connectivity index (χ4n) is 4.03. The molecule has 0 aromatic carbocycles. The van der Waals surface area contributed by atoms with Gasteiger partial charge in [-0.15, -0.1) is 0 Å². The molecule has 1 N–H and O–H groups in total. The van der Waals surface area contributed by atoms with Crippen molar-refractivity contribution >= 4 is 8.32 Å². The van der Waals surface area contributed by atoms with Gasteiger partial charge >= 0.3 is 0 Å². The minimum atomic E-state index is -1.89. The van der Waals surface area contributed by atoms with E-state index in [0.29, 0.717) is 19.4 Å². The van der Waals surface area contributed by atoms with Crippen molar-refractivity contribution in [3.63, 3.8) is 0 Å². The van der Waals surface area contributed by atoms with Gasteiger partial charge in [0.1, 0.15) is 6.10 Å². The Balaban J connectivity index is 1.95. The van der Waals surface area contributed by atoms with E-state index in [0.717, 1.165) is 25.7 Å². The average molecular weight is 437 g/mol. The molecule has 0 aromatic rings. The summed E-state index contributed by atoms with van der Waals surface area (Å²) in [7, 11) is -1.89. The smallest absolute Gasteiger partial charge is 0.192 e. The Morgan fingerprint density at radius 1 is 1.20 bits per heavy atom. The highest BCUT2D eigenvalue weighted by molar-refractivity contribution is 6.74. The summed E-state index contributed by atoms with van der Waals surface area (Å²) in [4.78, 5) is 0. The summed E-state index contributed by atoms with van der Waals surface area (Å²) >= 11 is 0. The Morgan fingerprint density at radius 3 is 2.40 bits per heavy atom. The van der Waals surface area contributed by atoms with Gasteiger partial charge in [-0.25, -0.2) is 0 Å². The lowest BCUT2D eigenvalue weighted by molar-refractivity contribution is -0.204. The van der Waals surface area contributed by atoms with Gasteiger partial charge in [0.15, 0.2) is 14.1 Å². The lowest BCUT2D eigenvalue weighted by Crippen LogP contribution is -2.43. The molecule has 2 rings (SSSR count). The lowest BCUT2D eigenvalue weighted by atomic mass is 9.94. The normalized spacial score (nSPS) is 26.0. The van der Waals surface area contributed by atoms with E-state index in [1.54, 1.807) is 0 Å². The molecule has 5 heteroatoms. The standard InChI is InChI=1S/C25H44O4Si/c1-20(2)17-22(28-30(7,8)23(3,4)5)14-12-13-21(26)18-24(6)19-27-25(29-24)15-10-9-11-16-25/h17,21-22,26H,9-11,14-16,18-19H2,1-8H3/t21-,22+,24+/m0/s1. The number of ether oxygens (including phenoxy) is 2. The number of hydrogen-bond donors (Lipinski definition) is 1. The van der Waals surface area contributed by atoms with Crippen molar-refractivity contribution in [1.82, 2.24) is 0 Å². The maximum atomic E-state index is 10.6. The Hall–Kier alpha value is -0.643. The molecule has 0 amide bonds. The predicted octanol–water partition coefficient (Wildman–Crippen LogP) is 5.95. The fraction of sp³-hybridized carbons (Fsp3) is 0.840. The first kappa shape index (κ1) is 25.6. The molecule has 2 fully saturated rings. The molecule has 2 aliphatic rings. The topological polar surface area (TPSA) is 47.9 Å². The van der Waals surface area contributed by atoms with Gasteiger partial charge in [0, 0.05) is 25.7 Å². The molecule has 0 aromatic heterocycles. The first-order valence-corrected chi connectivity index (χ1v) is 14.5. The molecular formula is C25H44O4Si. The molecule has 1 saturated carbocycles. The predicted molar refractivity (Wildman–Crippen MR) is 126 cm³/mol. The van der Waals surface area contributed by atoms with Crippen molar-refractivity contribution in [3.05, 3.63) is 11.6 Å². The van der Waals surface area contributed by atoms with Gasteiger partial charge in [-0.1, -0.05) is 50.7 Å². The van der Waals surface area contributed by atoms with Crippen molar-refractivity contribution in [2.45, 2.75) is 128 Å². The average Bonchev–Trinajstić information content (AvgIpc) is 2.89. The molecule has 30 heavy (non-hydrogen) atoms. The van der Waals surface area contributed by atoms with E-state index in [9.17, 15) is 5.11 Å². The summed E-state index contributed by atoms with van der Waals surface area (Å²) in [5.41, 5.74) is 0.755. The van der Waals surface area contributed by atoms with E-state index in [-0.39, 0.29) is 11.1 Å². The third kappa shape index (κ3) is 7.21. The van der Waals surface area contributed by atoms with Crippen LogP contribution in [0.15, 0.2) is 11.6 Å². The number of hydrogen-bond acceptors (Lipinski definition) is 4. The highest BCUT2D eigenvalue weighted by Crippen LogP contribution is 2.43. The number of allylic oxidation sites excluding steroid dienone is 1. The minimum Gasteiger partial charge on any atom is -0.410 e. The summed E-state index contributed by atoms with van der Waals surface area (Å²) < 4.78 is 19.0. The first-order chi connectivity index (χ1) is 13.8. The summed E-state index contributed by atoms with van der Waals surface area (Å²) in [5, 5.41) is 10.7. The third-order valence-electron chi connectivity index (χ3n) is 6.66. The van der Waals surface area contributed by atoms with Gasteiger partial charge in [-0.3, -0.25) is 0 Å². The SMILES string of the molecule is CC(C)=C[C@@H](CC#C[C@H](O)C[C@]1(C)COC2(CCCCC2)O1)O[Si](C)(C)C(C)(C)C. The molecule has 1 spiro atoms. The zero-order valence-corrected chi connectivity index (χ0v) is 21.6. The van der Waals surface area contributed by atoms with Crippen LogP contribution in [0.1, 0.15) is 86.5 Å². The van der Waals surface area contributed by atoms with Crippen LogP contribution in [0.5, 0.6) is 0 Å². The van der Waals surface area contributed by atoms with Gasteiger partial charge in [0.25, 0.3) is 0 Å². The van der Waals surface area contributed by atoms with Crippen LogP contribution >= 0.6 is 0 Å². The highest BCUT2D eigenvalue weighted by atomic mass is 28.4. The van der Waals surface area contributed by atoms with Gasteiger partial charge in [-0.05, 0) is 51.7 Å². The highest BCUT2D eigenvalue weighted by Gasteiger charge is 2.48. The molecule has 1 heterocycles. The van der Waals surface area contributed by atoms with Crippen molar-refractivity contribution in [2.24, 2.45) is 0 Å². The number of aliphatic hydroxyl groups excluding tert-OH is 1.